The summed E-state index contributed by atoms with van der Waals surface area (Å²) in [4.78, 5) is 14.4. The molecule has 1 aromatic rings. The SMILES string of the molecule is COc1c(Cl)cc(C2(N=C=O)CC2)cc1C(C)C. The van der Waals surface area contributed by atoms with Gasteiger partial charge >= 0.3 is 0 Å². The molecule has 1 fully saturated rings. The van der Waals surface area contributed by atoms with Crippen molar-refractivity contribution in [2.45, 2.75) is 38.1 Å². The molecule has 0 radical (unpaired) electrons. The van der Waals surface area contributed by atoms with Crippen molar-refractivity contribution < 1.29 is 9.53 Å². The molecular weight excluding hydrogens is 250 g/mol. The fourth-order valence-electron chi connectivity index (χ4n) is 2.20. The van der Waals surface area contributed by atoms with Crippen LogP contribution in [-0.2, 0) is 10.3 Å². The van der Waals surface area contributed by atoms with Crippen molar-refractivity contribution in [2.24, 2.45) is 4.99 Å². The van der Waals surface area contributed by atoms with Crippen molar-refractivity contribution in [1.29, 1.82) is 0 Å². The van der Waals surface area contributed by atoms with E-state index in [4.69, 9.17) is 16.3 Å². The molecule has 0 N–H and O–H groups in total. The summed E-state index contributed by atoms with van der Waals surface area (Å²) in [6, 6.07) is 3.89. The van der Waals surface area contributed by atoms with Crippen LogP contribution in [0.3, 0.4) is 0 Å². The van der Waals surface area contributed by atoms with E-state index in [-0.39, 0.29) is 5.54 Å². The molecule has 1 aromatic carbocycles. The van der Waals surface area contributed by atoms with E-state index in [9.17, 15) is 4.79 Å². The van der Waals surface area contributed by atoms with Crippen LogP contribution in [-0.4, -0.2) is 13.2 Å². The lowest BCUT2D eigenvalue weighted by atomic mass is 9.95. The van der Waals surface area contributed by atoms with Gasteiger partial charge in [-0.2, -0.15) is 4.99 Å². The zero-order valence-electron chi connectivity index (χ0n) is 10.8. The van der Waals surface area contributed by atoms with Gasteiger partial charge in [-0.3, -0.25) is 0 Å². The molecule has 0 amide bonds. The van der Waals surface area contributed by atoms with Crippen molar-refractivity contribution >= 4 is 17.7 Å². The van der Waals surface area contributed by atoms with Crippen molar-refractivity contribution in [3.05, 3.63) is 28.3 Å². The Morgan fingerprint density at radius 3 is 2.56 bits per heavy atom. The maximum atomic E-state index is 10.5. The van der Waals surface area contributed by atoms with Gasteiger partial charge in [0.1, 0.15) is 5.75 Å². The highest BCUT2D eigenvalue weighted by Crippen LogP contribution is 2.51. The van der Waals surface area contributed by atoms with Crippen molar-refractivity contribution in [1.82, 2.24) is 0 Å². The predicted octanol–water partition coefficient (Wildman–Crippen LogP) is 3.80. The third kappa shape index (κ3) is 2.16. The summed E-state index contributed by atoms with van der Waals surface area (Å²) in [6.45, 7) is 4.17. The summed E-state index contributed by atoms with van der Waals surface area (Å²) in [5.41, 5.74) is 1.65. The number of hydrogen-bond donors (Lipinski definition) is 0. The molecule has 3 nitrogen and oxygen atoms in total. The van der Waals surface area contributed by atoms with E-state index in [1.54, 1.807) is 13.2 Å². The molecule has 2 rings (SSSR count). The Bertz CT molecular complexity index is 515. The summed E-state index contributed by atoms with van der Waals surface area (Å²) < 4.78 is 5.35. The van der Waals surface area contributed by atoms with Crippen LogP contribution in [0.15, 0.2) is 17.1 Å². The Morgan fingerprint density at radius 2 is 2.11 bits per heavy atom. The summed E-state index contributed by atoms with van der Waals surface area (Å²) in [7, 11) is 1.61. The molecule has 96 valence electrons. The van der Waals surface area contributed by atoms with Crippen LogP contribution in [0, 0.1) is 0 Å². The Kier molecular flexibility index (Phi) is 3.47. The number of halogens is 1. The zero-order valence-corrected chi connectivity index (χ0v) is 11.5. The van der Waals surface area contributed by atoms with Crippen LogP contribution in [0.2, 0.25) is 5.02 Å². The number of isocyanates is 1. The quantitative estimate of drug-likeness (QED) is 0.614. The number of nitrogens with zero attached hydrogens (tertiary/aromatic N) is 1. The molecule has 0 saturated heterocycles. The number of carbonyl (C=O) groups excluding carboxylic acids is 1. The minimum Gasteiger partial charge on any atom is -0.495 e. The number of benzene rings is 1. The zero-order chi connectivity index (χ0) is 13.3. The van der Waals surface area contributed by atoms with Gasteiger partial charge in [0.2, 0.25) is 6.08 Å². The fraction of sp³-hybridized carbons (Fsp3) is 0.500. The molecule has 0 bridgehead atoms. The average molecular weight is 266 g/mol. The van der Waals surface area contributed by atoms with Gasteiger partial charge < -0.3 is 4.74 Å². The standard InChI is InChI=1S/C14H16ClNO2/c1-9(2)11-6-10(7-12(15)13(11)18-3)14(4-5-14)16-8-17/h6-7,9H,4-5H2,1-3H3. The van der Waals surface area contributed by atoms with Gasteiger partial charge in [-0.1, -0.05) is 25.4 Å². The second kappa shape index (κ2) is 4.75. The number of aliphatic imine (C=N–C) groups is 1. The molecule has 0 aromatic heterocycles. The monoisotopic (exact) mass is 265 g/mol. The first kappa shape index (κ1) is 13.1. The summed E-state index contributed by atoms with van der Waals surface area (Å²) in [5, 5.41) is 0.575. The van der Waals surface area contributed by atoms with E-state index in [1.807, 2.05) is 12.1 Å². The maximum absolute atomic E-state index is 10.5. The van der Waals surface area contributed by atoms with Crippen LogP contribution in [0.5, 0.6) is 5.75 Å². The first-order chi connectivity index (χ1) is 8.54. The summed E-state index contributed by atoms with van der Waals surface area (Å²) in [6.07, 6.45) is 3.42. The lowest BCUT2D eigenvalue weighted by Gasteiger charge is -2.17. The molecule has 0 heterocycles. The molecular formula is C14H16ClNO2. The molecule has 4 heteroatoms. The molecule has 18 heavy (non-hydrogen) atoms. The lowest BCUT2D eigenvalue weighted by Crippen LogP contribution is -2.05. The van der Waals surface area contributed by atoms with Crippen LogP contribution < -0.4 is 4.74 Å². The van der Waals surface area contributed by atoms with Gasteiger partial charge in [-0.05, 0) is 42.0 Å². The van der Waals surface area contributed by atoms with E-state index in [2.05, 4.69) is 18.8 Å². The Labute approximate surface area is 112 Å². The molecule has 1 aliphatic carbocycles. The third-order valence-corrected chi connectivity index (χ3v) is 3.70. The average Bonchev–Trinajstić information content (AvgIpc) is 3.09. The van der Waals surface area contributed by atoms with E-state index in [1.165, 1.54) is 0 Å². The second-order valence-corrected chi connectivity index (χ2v) is 5.38. The summed E-state index contributed by atoms with van der Waals surface area (Å²) in [5.74, 6) is 1.01. The van der Waals surface area contributed by atoms with Gasteiger partial charge in [0.25, 0.3) is 0 Å². The highest BCUT2D eigenvalue weighted by molar-refractivity contribution is 6.32. The maximum Gasteiger partial charge on any atom is 0.235 e. The van der Waals surface area contributed by atoms with Gasteiger partial charge in [0, 0.05) is 0 Å². The fourth-order valence-corrected chi connectivity index (χ4v) is 2.50. The lowest BCUT2D eigenvalue weighted by molar-refractivity contribution is 0.407. The largest absolute Gasteiger partial charge is 0.495 e. The molecule has 0 aliphatic heterocycles. The predicted molar refractivity (Wildman–Crippen MR) is 71.1 cm³/mol. The van der Waals surface area contributed by atoms with Crippen molar-refractivity contribution in [3.63, 3.8) is 0 Å². The van der Waals surface area contributed by atoms with E-state index in [0.717, 1.165) is 24.0 Å². The topological polar surface area (TPSA) is 38.7 Å². The number of ether oxygens (including phenoxy) is 1. The second-order valence-electron chi connectivity index (χ2n) is 4.97. The van der Waals surface area contributed by atoms with Gasteiger partial charge in [-0.25, -0.2) is 4.79 Å². The molecule has 1 aliphatic rings. The van der Waals surface area contributed by atoms with Crippen LogP contribution in [0.25, 0.3) is 0 Å². The first-order valence-electron chi connectivity index (χ1n) is 6.01. The Balaban J connectivity index is 2.55. The Morgan fingerprint density at radius 1 is 1.44 bits per heavy atom. The van der Waals surface area contributed by atoms with Crippen LogP contribution in [0.4, 0.5) is 0 Å². The smallest absolute Gasteiger partial charge is 0.235 e. The molecule has 0 spiro atoms. The summed E-state index contributed by atoms with van der Waals surface area (Å²) >= 11 is 6.25. The van der Waals surface area contributed by atoms with Gasteiger partial charge in [-0.15, -0.1) is 0 Å². The number of rotatable bonds is 4. The van der Waals surface area contributed by atoms with Crippen molar-refractivity contribution in [2.75, 3.05) is 7.11 Å². The minimum atomic E-state index is -0.388. The number of methoxy groups -OCH3 is 1. The molecule has 1 saturated carbocycles. The van der Waals surface area contributed by atoms with E-state index >= 15 is 0 Å². The highest BCUT2D eigenvalue weighted by Gasteiger charge is 2.45. The third-order valence-electron chi connectivity index (χ3n) is 3.42. The Hall–Kier alpha value is -1.31. The van der Waals surface area contributed by atoms with E-state index in [0.29, 0.717) is 16.7 Å². The minimum absolute atomic E-state index is 0.299. The molecule has 0 atom stereocenters. The van der Waals surface area contributed by atoms with Gasteiger partial charge in [0.05, 0.1) is 17.7 Å². The number of hydrogen-bond acceptors (Lipinski definition) is 3. The first-order valence-corrected chi connectivity index (χ1v) is 6.39. The highest BCUT2D eigenvalue weighted by atomic mass is 35.5. The van der Waals surface area contributed by atoms with Crippen LogP contribution in [0.1, 0.15) is 43.7 Å². The van der Waals surface area contributed by atoms with Crippen molar-refractivity contribution in [3.8, 4) is 5.75 Å². The van der Waals surface area contributed by atoms with Gasteiger partial charge in [0.15, 0.2) is 0 Å². The normalized spacial score (nSPS) is 16.3. The van der Waals surface area contributed by atoms with Crippen LogP contribution >= 0.6 is 11.6 Å². The molecule has 0 unspecified atom stereocenters. The van der Waals surface area contributed by atoms with E-state index < -0.39 is 0 Å².